The second-order valence-electron chi connectivity index (χ2n) is 5.95. The number of carbonyl (C=O) groups is 1. The zero-order valence-corrected chi connectivity index (χ0v) is 11.9. The van der Waals surface area contributed by atoms with Crippen LogP contribution in [0.15, 0.2) is 6.07 Å². The Morgan fingerprint density at radius 1 is 1.25 bits per heavy atom. The number of aromatic nitrogens is 2. The maximum Gasteiger partial charge on any atom is 0.354 e. The van der Waals surface area contributed by atoms with Gasteiger partial charge in [0.25, 0.3) is 0 Å². The van der Waals surface area contributed by atoms with Crippen molar-refractivity contribution in [1.82, 2.24) is 9.97 Å². The van der Waals surface area contributed by atoms with Crippen LogP contribution < -0.4 is 4.90 Å². The van der Waals surface area contributed by atoms with Crippen molar-refractivity contribution in [1.29, 1.82) is 0 Å². The number of carboxylic acids is 1. The summed E-state index contributed by atoms with van der Waals surface area (Å²) >= 11 is 0. The van der Waals surface area contributed by atoms with E-state index >= 15 is 0 Å². The molecule has 1 aromatic heterocycles. The van der Waals surface area contributed by atoms with Crippen LogP contribution >= 0.6 is 0 Å². The van der Waals surface area contributed by atoms with Crippen molar-refractivity contribution in [2.24, 2.45) is 5.92 Å². The topological polar surface area (TPSA) is 66.3 Å². The first kappa shape index (κ1) is 13.3. The fraction of sp³-hybridized carbons (Fsp3) is 0.667. The molecule has 0 amide bonds. The summed E-state index contributed by atoms with van der Waals surface area (Å²) in [5, 5.41) is 9.16. The van der Waals surface area contributed by atoms with Crippen molar-refractivity contribution >= 4 is 11.9 Å². The molecule has 0 aromatic carbocycles. The summed E-state index contributed by atoms with van der Waals surface area (Å²) in [4.78, 5) is 22.2. The molecule has 1 aliphatic heterocycles. The van der Waals surface area contributed by atoms with E-state index in [1.807, 2.05) is 6.92 Å². The Morgan fingerprint density at radius 3 is 2.80 bits per heavy atom. The summed E-state index contributed by atoms with van der Waals surface area (Å²) in [5.74, 6) is 0.364. The Kier molecular flexibility index (Phi) is 3.59. The fourth-order valence-corrected chi connectivity index (χ4v) is 3.66. The van der Waals surface area contributed by atoms with Gasteiger partial charge in [-0.05, 0) is 44.6 Å². The third kappa shape index (κ3) is 2.49. The summed E-state index contributed by atoms with van der Waals surface area (Å²) in [5.41, 5.74) is 0.829. The van der Waals surface area contributed by atoms with Crippen molar-refractivity contribution in [3.8, 4) is 0 Å². The molecule has 2 atom stereocenters. The molecule has 0 radical (unpaired) electrons. The molecule has 2 aliphatic rings. The summed E-state index contributed by atoms with van der Waals surface area (Å²) < 4.78 is 0. The monoisotopic (exact) mass is 275 g/mol. The maximum atomic E-state index is 11.2. The molecule has 1 aromatic rings. The molecular formula is C15H21N3O2. The minimum Gasteiger partial charge on any atom is -0.477 e. The highest BCUT2D eigenvalue weighted by Crippen LogP contribution is 2.36. The molecule has 1 aliphatic carbocycles. The lowest BCUT2D eigenvalue weighted by Crippen LogP contribution is -2.47. The fourth-order valence-electron chi connectivity index (χ4n) is 3.66. The molecule has 108 valence electrons. The van der Waals surface area contributed by atoms with Crippen LogP contribution in [0.25, 0.3) is 0 Å². The van der Waals surface area contributed by atoms with Gasteiger partial charge in [0, 0.05) is 18.3 Å². The van der Waals surface area contributed by atoms with E-state index in [2.05, 4.69) is 14.9 Å². The number of hydrogen-bond donors (Lipinski definition) is 1. The Bertz CT molecular complexity index is 516. The van der Waals surface area contributed by atoms with Gasteiger partial charge < -0.3 is 10.0 Å². The average Bonchev–Trinajstić information content (AvgIpc) is 2.46. The van der Waals surface area contributed by atoms with Crippen molar-refractivity contribution in [2.75, 3.05) is 11.4 Å². The van der Waals surface area contributed by atoms with Gasteiger partial charge in [-0.15, -0.1) is 0 Å². The first-order valence-electron chi connectivity index (χ1n) is 7.51. The number of carboxylic acid groups (broad SMARTS) is 1. The van der Waals surface area contributed by atoms with Gasteiger partial charge in [-0.3, -0.25) is 0 Å². The summed E-state index contributed by atoms with van der Waals surface area (Å²) in [6.07, 6.45) is 7.50. The van der Waals surface area contributed by atoms with E-state index < -0.39 is 5.97 Å². The third-order valence-electron chi connectivity index (χ3n) is 4.56. The summed E-state index contributed by atoms with van der Waals surface area (Å²) in [6, 6.07) is 2.04. The smallest absolute Gasteiger partial charge is 0.354 e. The lowest BCUT2D eigenvalue weighted by atomic mass is 9.78. The summed E-state index contributed by atoms with van der Waals surface area (Å²) in [7, 11) is 0. The van der Waals surface area contributed by atoms with E-state index in [4.69, 9.17) is 5.11 Å². The van der Waals surface area contributed by atoms with Gasteiger partial charge in [0.05, 0.1) is 0 Å². The van der Waals surface area contributed by atoms with E-state index in [1.54, 1.807) is 0 Å². The number of aryl methyl sites for hydroxylation is 1. The zero-order chi connectivity index (χ0) is 14.1. The van der Waals surface area contributed by atoms with E-state index in [0.29, 0.717) is 12.0 Å². The normalized spacial score (nSPS) is 26.1. The van der Waals surface area contributed by atoms with E-state index in [9.17, 15) is 4.79 Å². The number of anilines is 1. The lowest BCUT2D eigenvalue weighted by Gasteiger charge is -2.44. The van der Waals surface area contributed by atoms with Gasteiger partial charge in [-0.1, -0.05) is 12.8 Å². The minimum absolute atomic E-state index is 0.102. The second kappa shape index (κ2) is 5.38. The highest BCUT2D eigenvalue weighted by molar-refractivity contribution is 5.85. The Labute approximate surface area is 119 Å². The number of piperidine rings is 1. The number of aromatic carboxylic acids is 1. The third-order valence-corrected chi connectivity index (χ3v) is 4.56. The molecule has 20 heavy (non-hydrogen) atoms. The van der Waals surface area contributed by atoms with E-state index in [-0.39, 0.29) is 5.69 Å². The van der Waals surface area contributed by atoms with Crippen LogP contribution in [0.2, 0.25) is 0 Å². The van der Waals surface area contributed by atoms with Gasteiger partial charge in [0.1, 0.15) is 0 Å². The number of hydrogen-bond acceptors (Lipinski definition) is 4. The van der Waals surface area contributed by atoms with Crippen LogP contribution in [-0.2, 0) is 0 Å². The lowest BCUT2D eigenvalue weighted by molar-refractivity contribution is 0.0690. The van der Waals surface area contributed by atoms with Crippen molar-refractivity contribution in [3.05, 3.63) is 17.5 Å². The molecule has 5 nitrogen and oxygen atoms in total. The second-order valence-corrected chi connectivity index (χ2v) is 5.95. The quantitative estimate of drug-likeness (QED) is 0.898. The first-order valence-corrected chi connectivity index (χ1v) is 7.51. The first-order chi connectivity index (χ1) is 9.65. The summed E-state index contributed by atoms with van der Waals surface area (Å²) in [6.45, 7) is 2.78. The van der Waals surface area contributed by atoms with Gasteiger partial charge in [0.15, 0.2) is 5.69 Å². The van der Waals surface area contributed by atoms with Gasteiger partial charge in [-0.2, -0.15) is 0 Å². The molecule has 2 fully saturated rings. The molecule has 5 heteroatoms. The van der Waals surface area contributed by atoms with Crippen molar-refractivity contribution in [2.45, 2.75) is 51.5 Å². The van der Waals surface area contributed by atoms with E-state index in [0.717, 1.165) is 24.6 Å². The van der Waals surface area contributed by atoms with E-state index in [1.165, 1.54) is 38.2 Å². The maximum absolute atomic E-state index is 11.2. The number of nitrogens with zero attached hydrogens (tertiary/aromatic N) is 3. The Balaban J connectivity index is 1.92. The van der Waals surface area contributed by atoms with Crippen LogP contribution in [0.3, 0.4) is 0 Å². The predicted molar refractivity (Wildman–Crippen MR) is 76.1 cm³/mol. The molecule has 0 bridgehead atoms. The van der Waals surface area contributed by atoms with Crippen LogP contribution in [0.4, 0.5) is 5.95 Å². The molecular weight excluding hydrogens is 254 g/mol. The van der Waals surface area contributed by atoms with Crippen LogP contribution in [0.5, 0.6) is 0 Å². The highest BCUT2D eigenvalue weighted by atomic mass is 16.4. The minimum atomic E-state index is -0.978. The van der Waals surface area contributed by atoms with Crippen LogP contribution in [-0.4, -0.2) is 33.6 Å². The SMILES string of the molecule is Cc1cc(C(=O)O)nc(N2CCCC3CCCCC32)n1. The van der Waals surface area contributed by atoms with Crippen molar-refractivity contribution < 1.29 is 9.90 Å². The molecule has 1 saturated heterocycles. The van der Waals surface area contributed by atoms with Gasteiger partial charge >= 0.3 is 5.97 Å². The Hall–Kier alpha value is -1.65. The number of rotatable bonds is 2. The molecule has 2 heterocycles. The molecule has 3 rings (SSSR count). The van der Waals surface area contributed by atoms with Gasteiger partial charge in [-0.25, -0.2) is 14.8 Å². The van der Waals surface area contributed by atoms with Crippen LogP contribution in [0.1, 0.15) is 54.7 Å². The number of fused-ring (bicyclic) bond motifs is 1. The van der Waals surface area contributed by atoms with Crippen LogP contribution in [0, 0.1) is 12.8 Å². The molecule has 0 spiro atoms. The zero-order valence-electron chi connectivity index (χ0n) is 11.9. The molecule has 2 unspecified atom stereocenters. The Morgan fingerprint density at radius 2 is 2.00 bits per heavy atom. The van der Waals surface area contributed by atoms with Gasteiger partial charge in [0.2, 0.25) is 5.95 Å². The average molecular weight is 275 g/mol. The largest absolute Gasteiger partial charge is 0.477 e. The molecule has 1 N–H and O–H groups in total. The highest BCUT2D eigenvalue weighted by Gasteiger charge is 2.34. The predicted octanol–water partition coefficient (Wildman–Crippen LogP) is 2.64. The standard InChI is InChI=1S/C15H21N3O2/c1-10-9-12(14(19)20)17-15(16-10)18-8-4-6-11-5-2-3-7-13(11)18/h9,11,13H,2-8H2,1H3,(H,19,20). The molecule has 1 saturated carbocycles. The van der Waals surface area contributed by atoms with Crippen molar-refractivity contribution in [3.63, 3.8) is 0 Å².